The van der Waals surface area contributed by atoms with Gasteiger partial charge in [-0.3, -0.25) is 19.4 Å². The van der Waals surface area contributed by atoms with Crippen LogP contribution in [0.2, 0.25) is 0 Å². The molecule has 1 N–H and O–H groups in total. The first-order chi connectivity index (χ1) is 16.4. The highest BCUT2D eigenvalue weighted by molar-refractivity contribution is 9.10. The summed E-state index contributed by atoms with van der Waals surface area (Å²) in [5.41, 5.74) is 5.88. The van der Waals surface area contributed by atoms with Crippen LogP contribution in [-0.2, 0) is 9.59 Å². The number of nitrogens with one attached hydrogen (secondary N) is 1. The number of benzene rings is 3. The van der Waals surface area contributed by atoms with Gasteiger partial charge in [-0.25, -0.2) is 10.3 Å². The zero-order chi connectivity index (χ0) is 24.0. The molecular formula is C26H22BrN3O4. The van der Waals surface area contributed by atoms with Crippen LogP contribution in [0.25, 0.3) is 0 Å². The molecule has 0 unspecified atom stereocenters. The van der Waals surface area contributed by atoms with Crippen LogP contribution >= 0.6 is 15.9 Å². The summed E-state index contributed by atoms with van der Waals surface area (Å²) < 4.78 is 6.00. The Bertz CT molecular complexity index is 1280. The van der Waals surface area contributed by atoms with Crippen molar-refractivity contribution >= 4 is 39.3 Å². The summed E-state index contributed by atoms with van der Waals surface area (Å²) in [6, 6.07) is 19.9. The van der Waals surface area contributed by atoms with Gasteiger partial charge in [0.2, 0.25) is 5.91 Å². The quantitative estimate of drug-likeness (QED) is 0.526. The molecule has 0 spiro atoms. The molecular weight excluding hydrogens is 498 g/mol. The van der Waals surface area contributed by atoms with Crippen molar-refractivity contribution in [2.24, 2.45) is 5.92 Å². The lowest BCUT2D eigenvalue weighted by Gasteiger charge is -2.25. The molecule has 3 aromatic carbocycles. The Morgan fingerprint density at radius 1 is 0.971 bits per heavy atom. The molecule has 5 rings (SSSR count). The van der Waals surface area contributed by atoms with Gasteiger partial charge in [0.1, 0.15) is 11.8 Å². The number of halogens is 1. The van der Waals surface area contributed by atoms with Crippen LogP contribution in [0, 0.1) is 12.8 Å². The summed E-state index contributed by atoms with van der Waals surface area (Å²) >= 11 is 3.39. The second-order valence-corrected chi connectivity index (χ2v) is 9.30. The van der Waals surface area contributed by atoms with Gasteiger partial charge >= 0.3 is 0 Å². The monoisotopic (exact) mass is 519 g/mol. The number of carbonyl (C=O) groups excluding carboxylic acids is 3. The minimum absolute atomic E-state index is 0.336. The Morgan fingerprint density at radius 2 is 1.68 bits per heavy atom. The lowest BCUT2D eigenvalue weighted by Crippen LogP contribution is -2.48. The van der Waals surface area contributed by atoms with Crippen molar-refractivity contribution in [2.75, 3.05) is 12.0 Å². The number of amides is 3. The zero-order valence-corrected chi connectivity index (χ0v) is 20.2. The number of carbonyl (C=O) groups is 3. The van der Waals surface area contributed by atoms with Crippen molar-refractivity contribution in [3.05, 3.63) is 94.0 Å². The maximum Gasteiger partial charge on any atom is 0.268 e. The maximum absolute atomic E-state index is 13.6. The second-order valence-electron chi connectivity index (χ2n) is 8.38. The van der Waals surface area contributed by atoms with Crippen molar-refractivity contribution in [1.82, 2.24) is 10.4 Å². The van der Waals surface area contributed by atoms with Gasteiger partial charge in [-0.2, -0.15) is 0 Å². The Kier molecular flexibility index (Phi) is 5.71. The number of hydrogen-bond acceptors (Lipinski definition) is 5. The first kappa shape index (κ1) is 22.3. The van der Waals surface area contributed by atoms with Gasteiger partial charge < -0.3 is 4.74 Å². The highest BCUT2D eigenvalue weighted by Gasteiger charge is 2.60. The molecule has 3 aromatic rings. The van der Waals surface area contributed by atoms with Gasteiger partial charge in [0.05, 0.1) is 24.8 Å². The van der Waals surface area contributed by atoms with Gasteiger partial charge in [0, 0.05) is 10.0 Å². The van der Waals surface area contributed by atoms with E-state index in [0.717, 1.165) is 15.6 Å². The lowest BCUT2D eigenvalue weighted by molar-refractivity contribution is -0.123. The molecule has 172 valence electrons. The molecule has 0 radical (unpaired) electrons. The molecule has 2 aliphatic rings. The largest absolute Gasteiger partial charge is 0.497 e. The molecule has 3 amide bonds. The van der Waals surface area contributed by atoms with Crippen LogP contribution in [0.1, 0.15) is 27.5 Å². The Hall–Kier alpha value is -3.49. The van der Waals surface area contributed by atoms with Crippen molar-refractivity contribution in [2.45, 2.75) is 19.0 Å². The SMILES string of the molecule is COc1ccc([C@@H]2NN(C(=O)c3cccc(Br)c3)[C@@H]3C(=O)N(c4ccc(C)cc4)C(=O)[C@@H]32)cc1. The number of hydrogen-bond donors (Lipinski definition) is 1. The molecule has 2 heterocycles. The smallest absolute Gasteiger partial charge is 0.268 e. The number of imide groups is 1. The standard InChI is InChI=1S/C26H22BrN3O4/c1-15-6-10-19(11-7-15)29-25(32)21-22(16-8-12-20(34-2)13-9-16)28-30(23(21)26(29)33)24(31)17-4-3-5-18(27)14-17/h3-14,21-23,28H,1-2H3/t21-,22+,23+/m1/s1. The molecule has 3 atom stereocenters. The Balaban J connectivity index is 1.57. The van der Waals surface area contributed by atoms with Gasteiger partial charge in [-0.1, -0.05) is 51.8 Å². The molecule has 0 aromatic heterocycles. The molecule has 0 aliphatic carbocycles. The average molecular weight is 520 g/mol. The van der Waals surface area contributed by atoms with Crippen LogP contribution in [0.3, 0.4) is 0 Å². The number of anilines is 1. The van der Waals surface area contributed by atoms with Crippen molar-refractivity contribution in [3.8, 4) is 5.75 Å². The third-order valence-corrected chi connectivity index (χ3v) is 6.79. The molecule has 0 saturated carbocycles. The molecule has 34 heavy (non-hydrogen) atoms. The third kappa shape index (κ3) is 3.69. The molecule has 2 fully saturated rings. The highest BCUT2D eigenvalue weighted by Crippen LogP contribution is 2.42. The van der Waals surface area contributed by atoms with E-state index in [1.807, 2.05) is 37.3 Å². The van der Waals surface area contributed by atoms with Gasteiger partial charge in [-0.05, 0) is 55.0 Å². The van der Waals surface area contributed by atoms with E-state index in [9.17, 15) is 14.4 Å². The van der Waals surface area contributed by atoms with Gasteiger partial charge in [0.25, 0.3) is 11.8 Å². The number of hydrazine groups is 1. The predicted octanol–water partition coefficient (Wildman–Crippen LogP) is 4.03. The summed E-state index contributed by atoms with van der Waals surface area (Å²) in [7, 11) is 1.58. The minimum atomic E-state index is -0.965. The summed E-state index contributed by atoms with van der Waals surface area (Å²) in [6.07, 6.45) is 0. The number of methoxy groups -OCH3 is 1. The predicted molar refractivity (Wildman–Crippen MR) is 130 cm³/mol. The first-order valence-electron chi connectivity index (χ1n) is 10.8. The average Bonchev–Trinajstić information content (AvgIpc) is 3.36. The first-order valence-corrected chi connectivity index (χ1v) is 11.6. The highest BCUT2D eigenvalue weighted by atomic mass is 79.9. The second kappa shape index (κ2) is 8.70. The van der Waals surface area contributed by atoms with E-state index in [0.29, 0.717) is 17.0 Å². The Morgan fingerprint density at radius 3 is 2.32 bits per heavy atom. The topological polar surface area (TPSA) is 79.0 Å². The van der Waals surface area contributed by atoms with Crippen molar-refractivity contribution < 1.29 is 19.1 Å². The van der Waals surface area contributed by atoms with E-state index in [1.165, 1.54) is 9.91 Å². The molecule has 2 saturated heterocycles. The molecule has 8 heteroatoms. The van der Waals surface area contributed by atoms with Crippen LogP contribution in [0.4, 0.5) is 5.69 Å². The fourth-order valence-electron chi connectivity index (χ4n) is 4.57. The van der Waals surface area contributed by atoms with Crippen LogP contribution in [-0.4, -0.2) is 35.9 Å². The van der Waals surface area contributed by atoms with Gasteiger partial charge in [-0.15, -0.1) is 0 Å². The summed E-state index contributed by atoms with van der Waals surface area (Å²) in [6.45, 7) is 1.94. The van der Waals surface area contributed by atoms with E-state index >= 15 is 0 Å². The van der Waals surface area contributed by atoms with Crippen molar-refractivity contribution in [1.29, 1.82) is 0 Å². The fraction of sp³-hybridized carbons (Fsp3) is 0.192. The molecule has 7 nitrogen and oxygen atoms in total. The van der Waals surface area contributed by atoms with Crippen LogP contribution < -0.4 is 15.1 Å². The number of nitrogens with zero attached hydrogens (tertiary/aromatic N) is 2. The van der Waals surface area contributed by atoms with Crippen LogP contribution in [0.15, 0.2) is 77.3 Å². The summed E-state index contributed by atoms with van der Waals surface area (Å²) in [5.74, 6) is -1.23. The number of fused-ring (bicyclic) bond motifs is 1. The van der Waals surface area contributed by atoms with Gasteiger partial charge in [0.15, 0.2) is 0 Å². The molecule has 0 bridgehead atoms. The lowest BCUT2D eigenvalue weighted by atomic mass is 9.91. The van der Waals surface area contributed by atoms with E-state index in [4.69, 9.17) is 4.74 Å². The minimum Gasteiger partial charge on any atom is -0.497 e. The van der Waals surface area contributed by atoms with E-state index in [2.05, 4.69) is 21.4 Å². The summed E-state index contributed by atoms with van der Waals surface area (Å²) in [4.78, 5) is 42.0. The zero-order valence-electron chi connectivity index (χ0n) is 18.6. The van der Waals surface area contributed by atoms with E-state index in [1.54, 1.807) is 49.6 Å². The van der Waals surface area contributed by atoms with Crippen molar-refractivity contribution in [3.63, 3.8) is 0 Å². The number of rotatable bonds is 4. The maximum atomic E-state index is 13.6. The number of ether oxygens (including phenoxy) is 1. The number of aryl methyl sites for hydroxylation is 1. The third-order valence-electron chi connectivity index (χ3n) is 6.29. The normalized spacial score (nSPS) is 21.7. The summed E-state index contributed by atoms with van der Waals surface area (Å²) in [5, 5.41) is 1.32. The molecule has 2 aliphatic heterocycles. The van der Waals surface area contributed by atoms with E-state index in [-0.39, 0.29) is 11.8 Å². The van der Waals surface area contributed by atoms with E-state index < -0.39 is 23.9 Å². The fourth-order valence-corrected chi connectivity index (χ4v) is 4.97. The van der Waals surface area contributed by atoms with Crippen LogP contribution in [0.5, 0.6) is 5.75 Å². The Labute approximate surface area is 205 Å².